The largest absolute Gasteiger partial charge is 0.493 e. The van der Waals surface area contributed by atoms with Crippen molar-refractivity contribution in [3.63, 3.8) is 0 Å². The second-order valence-electron chi connectivity index (χ2n) is 10.00. The molecule has 8 nitrogen and oxygen atoms in total. The van der Waals surface area contributed by atoms with Gasteiger partial charge in [0.25, 0.3) is 11.5 Å². The van der Waals surface area contributed by atoms with Crippen LogP contribution in [0.4, 0.5) is 5.82 Å². The normalized spacial score (nSPS) is 14.9. The van der Waals surface area contributed by atoms with Gasteiger partial charge in [0.2, 0.25) is 0 Å². The Hall–Kier alpha value is -3.29. The first kappa shape index (κ1) is 32.2. The number of ether oxygens (including phenoxy) is 2. The van der Waals surface area contributed by atoms with E-state index in [4.69, 9.17) is 21.7 Å². The summed E-state index contributed by atoms with van der Waals surface area (Å²) in [4.78, 5) is 28.9. The molecule has 1 saturated heterocycles. The predicted molar refractivity (Wildman–Crippen MR) is 171 cm³/mol. The first-order valence-electron chi connectivity index (χ1n) is 14.1. The van der Waals surface area contributed by atoms with Crippen LogP contribution in [0, 0.1) is 24.2 Å². The Balaban J connectivity index is 1.96. The lowest BCUT2D eigenvalue weighted by Gasteiger charge is -2.22. The number of thiocarbonyl (C=S) groups is 1. The van der Waals surface area contributed by atoms with Gasteiger partial charge in [-0.05, 0) is 61.9 Å². The van der Waals surface area contributed by atoms with Gasteiger partial charge in [-0.1, -0.05) is 63.2 Å². The van der Waals surface area contributed by atoms with Crippen LogP contribution >= 0.6 is 24.0 Å². The van der Waals surface area contributed by atoms with Gasteiger partial charge in [-0.2, -0.15) is 5.26 Å². The van der Waals surface area contributed by atoms with E-state index in [0.29, 0.717) is 69.6 Å². The summed E-state index contributed by atoms with van der Waals surface area (Å²) in [5.74, 6) is 2.14. The summed E-state index contributed by atoms with van der Waals surface area (Å²) in [6.07, 6.45) is 6.71. The Morgan fingerprint density at radius 2 is 1.90 bits per heavy atom. The molecule has 0 bridgehead atoms. The number of unbranched alkanes of at least 4 members (excludes halogenated alkanes) is 1. The molecule has 0 radical (unpaired) electrons. The molecule has 0 aliphatic carbocycles. The number of hydrogen-bond donors (Lipinski definition) is 1. The summed E-state index contributed by atoms with van der Waals surface area (Å²) in [7, 11) is 3.20. The number of hydrogen-bond acceptors (Lipinski definition) is 8. The number of nitrogens with one attached hydrogen (secondary N) is 1. The van der Waals surface area contributed by atoms with E-state index in [-0.39, 0.29) is 17.0 Å². The topological polar surface area (TPSA) is 96.6 Å². The van der Waals surface area contributed by atoms with Gasteiger partial charge in [0.1, 0.15) is 21.8 Å². The number of rotatable bonds is 14. The van der Waals surface area contributed by atoms with Gasteiger partial charge in [0.05, 0.1) is 19.1 Å². The average molecular weight is 597 g/mol. The Morgan fingerprint density at radius 1 is 1.17 bits per heavy atom. The van der Waals surface area contributed by atoms with E-state index < -0.39 is 0 Å². The van der Waals surface area contributed by atoms with Crippen molar-refractivity contribution >= 4 is 46.1 Å². The molecule has 1 unspecified atom stereocenters. The zero-order valence-electron chi connectivity index (χ0n) is 24.8. The number of nitrogens with zero attached hydrogens (tertiary/aromatic N) is 3. The average Bonchev–Trinajstić information content (AvgIpc) is 3.24. The molecular formula is C31H40N4O4S2. The third-order valence-corrected chi connectivity index (χ3v) is 8.86. The van der Waals surface area contributed by atoms with Crippen molar-refractivity contribution in [3.8, 4) is 17.6 Å². The Kier molecular flexibility index (Phi) is 11.9. The molecule has 1 amide bonds. The Morgan fingerprint density at radius 3 is 2.51 bits per heavy atom. The fraction of sp³-hybridized carbons (Fsp3) is 0.484. The second kappa shape index (κ2) is 15.1. The van der Waals surface area contributed by atoms with Crippen LogP contribution in [0.15, 0.2) is 27.9 Å². The SMILES string of the molecule is CCCCC(CC)CN1C(=O)/C(=C\c2c(C)c(C#N)c(=O)n(CC)c2NCCc2ccc(OC)c(OC)c2)SC1=S. The van der Waals surface area contributed by atoms with E-state index in [1.165, 1.54) is 11.8 Å². The smallest absolute Gasteiger partial charge is 0.270 e. The maximum absolute atomic E-state index is 13.5. The predicted octanol–water partition coefficient (Wildman–Crippen LogP) is 6.14. The molecule has 2 heterocycles. The van der Waals surface area contributed by atoms with Gasteiger partial charge < -0.3 is 14.8 Å². The van der Waals surface area contributed by atoms with Gasteiger partial charge >= 0.3 is 0 Å². The minimum absolute atomic E-state index is 0.0737. The number of pyridine rings is 1. The number of carbonyl (C=O) groups excluding carboxylic acids is 1. The molecule has 1 aliphatic heterocycles. The van der Waals surface area contributed by atoms with Crippen LogP contribution in [0.1, 0.15) is 68.7 Å². The molecule has 3 rings (SSSR count). The highest BCUT2D eigenvalue weighted by Gasteiger charge is 2.34. The molecule has 1 fully saturated rings. The quantitative estimate of drug-likeness (QED) is 0.205. The second-order valence-corrected chi connectivity index (χ2v) is 11.7. The van der Waals surface area contributed by atoms with Gasteiger partial charge in [0, 0.05) is 25.2 Å². The molecule has 0 spiro atoms. The van der Waals surface area contributed by atoms with Crippen molar-refractivity contribution in [3.05, 3.63) is 55.7 Å². The Bertz CT molecular complexity index is 1410. The number of nitriles is 1. The van der Waals surface area contributed by atoms with Crippen molar-refractivity contribution in [2.45, 2.75) is 66.3 Å². The minimum Gasteiger partial charge on any atom is -0.493 e. The molecule has 1 atom stereocenters. The third-order valence-electron chi connectivity index (χ3n) is 7.48. The molecule has 1 aromatic heterocycles. The lowest BCUT2D eigenvalue weighted by molar-refractivity contribution is -0.122. The van der Waals surface area contributed by atoms with E-state index >= 15 is 0 Å². The number of methoxy groups -OCH3 is 2. The zero-order valence-corrected chi connectivity index (χ0v) is 26.5. The molecule has 220 valence electrons. The van der Waals surface area contributed by atoms with Gasteiger partial charge in [0.15, 0.2) is 11.5 Å². The number of aromatic nitrogens is 1. The van der Waals surface area contributed by atoms with Crippen LogP contribution in [0.25, 0.3) is 6.08 Å². The lowest BCUT2D eigenvalue weighted by Crippen LogP contribution is -2.33. The van der Waals surface area contributed by atoms with Crippen molar-refractivity contribution in [1.29, 1.82) is 5.26 Å². The summed E-state index contributed by atoms with van der Waals surface area (Å²) < 4.78 is 12.9. The zero-order chi connectivity index (χ0) is 30.1. The summed E-state index contributed by atoms with van der Waals surface area (Å²) in [5.41, 5.74) is 1.93. The van der Waals surface area contributed by atoms with Crippen molar-refractivity contribution in [2.24, 2.45) is 5.92 Å². The number of carbonyl (C=O) groups is 1. The molecule has 2 aromatic rings. The number of thioether (sulfide) groups is 1. The molecule has 10 heteroatoms. The fourth-order valence-electron chi connectivity index (χ4n) is 4.98. The maximum atomic E-state index is 13.5. The first-order chi connectivity index (χ1) is 19.7. The van der Waals surface area contributed by atoms with E-state index in [2.05, 4.69) is 25.2 Å². The maximum Gasteiger partial charge on any atom is 0.270 e. The monoisotopic (exact) mass is 596 g/mol. The number of anilines is 1. The van der Waals surface area contributed by atoms with Crippen LogP contribution in [-0.4, -0.2) is 47.0 Å². The molecule has 1 aromatic carbocycles. The first-order valence-corrected chi connectivity index (χ1v) is 15.3. The summed E-state index contributed by atoms with van der Waals surface area (Å²) in [6.45, 7) is 9.41. The lowest BCUT2D eigenvalue weighted by atomic mass is 9.99. The Labute approximate surface area is 252 Å². The number of amides is 1. The highest BCUT2D eigenvalue weighted by Crippen LogP contribution is 2.36. The highest BCUT2D eigenvalue weighted by molar-refractivity contribution is 8.26. The van der Waals surface area contributed by atoms with Crippen molar-refractivity contribution in [1.82, 2.24) is 9.47 Å². The minimum atomic E-state index is -0.354. The van der Waals surface area contributed by atoms with Gasteiger partial charge in [-0.3, -0.25) is 19.1 Å². The van der Waals surface area contributed by atoms with Gasteiger partial charge in [-0.25, -0.2) is 0 Å². The van der Waals surface area contributed by atoms with Crippen LogP contribution in [0.5, 0.6) is 11.5 Å². The van der Waals surface area contributed by atoms with Crippen LogP contribution in [0.3, 0.4) is 0 Å². The molecule has 1 N–H and O–H groups in total. The van der Waals surface area contributed by atoms with E-state index in [9.17, 15) is 14.9 Å². The summed E-state index contributed by atoms with van der Waals surface area (Å²) in [5, 5.41) is 13.2. The van der Waals surface area contributed by atoms with Gasteiger partial charge in [-0.15, -0.1) is 0 Å². The third kappa shape index (κ3) is 7.32. The van der Waals surface area contributed by atoms with E-state index in [1.54, 1.807) is 36.7 Å². The molecule has 41 heavy (non-hydrogen) atoms. The highest BCUT2D eigenvalue weighted by atomic mass is 32.2. The van der Waals surface area contributed by atoms with Crippen LogP contribution in [0.2, 0.25) is 0 Å². The molecule has 1 aliphatic rings. The van der Waals surface area contributed by atoms with Crippen molar-refractivity contribution < 1.29 is 14.3 Å². The molecule has 0 saturated carbocycles. The van der Waals surface area contributed by atoms with E-state index in [1.807, 2.05) is 25.1 Å². The van der Waals surface area contributed by atoms with Crippen LogP contribution in [-0.2, 0) is 17.8 Å². The van der Waals surface area contributed by atoms with E-state index in [0.717, 1.165) is 31.2 Å². The summed E-state index contributed by atoms with van der Waals surface area (Å²) in [6, 6.07) is 7.83. The number of benzene rings is 1. The van der Waals surface area contributed by atoms with Crippen LogP contribution < -0.4 is 20.3 Å². The van der Waals surface area contributed by atoms with Crippen molar-refractivity contribution in [2.75, 3.05) is 32.6 Å². The fourth-order valence-corrected chi connectivity index (χ4v) is 6.24. The molecular weight excluding hydrogens is 556 g/mol. The summed E-state index contributed by atoms with van der Waals surface area (Å²) >= 11 is 6.90. The standard InChI is InChI=1S/C31H40N4O4S2/c1-7-10-11-21(8-2)19-35-30(37)27(41-31(35)40)17-23-20(4)24(18-32)29(36)34(9-3)28(23)33-15-14-22-12-13-25(38-5)26(16-22)39-6/h12-13,16-17,21,33H,7-11,14-15,19H2,1-6H3/b27-17+.